The van der Waals surface area contributed by atoms with Crippen molar-refractivity contribution in [2.24, 2.45) is 0 Å². The second-order valence-electron chi connectivity index (χ2n) is 6.29. The molecule has 0 bridgehead atoms. The van der Waals surface area contributed by atoms with E-state index in [1.807, 2.05) is 61.5 Å². The van der Waals surface area contributed by atoms with E-state index in [0.717, 1.165) is 16.8 Å². The fraction of sp³-hybridized carbons (Fsp3) is 0.316. The summed E-state index contributed by atoms with van der Waals surface area (Å²) in [6, 6.07) is 16.5. The van der Waals surface area contributed by atoms with Crippen molar-refractivity contribution in [3.63, 3.8) is 0 Å². The first-order valence-corrected chi connectivity index (χ1v) is 10.1. The number of nitrogens with zero attached hydrogens (tertiary/aromatic N) is 1. The molecular weight excluding hydrogens is 336 g/mol. The molecule has 0 radical (unpaired) electrons. The molecule has 132 valence electrons. The van der Waals surface area contributed by atoms with Gasteiger partial charge >= 0.3 is 6.03 Å². The molecule has 2 amide bonds. The van der Waals surface area contributed by atoms with Crippen molar-refractivity contribution in [1.82, 2.24) is 4.90 Å². The predicted octanol–water partition coefficient (Wildman–Crippen LogP) is 3.39. The van der Waals surface area contributed by atoms with Crippen molar-refractivity contribution < 1.29 is 13.2 Å². The molecule has 0 spiro atoms. The van der Waals surface area contributed by atoms with Gasteiger partial charge in [0.05, 0.1) is 11.0 Å². The van der Waals surface area contributed by atoms with Crippen molar-refractivity contribution in [1.29, 1.82) is 0 Å². The van der Waals surface area contributed by atoms with Gasteiger partial charge in [0, 0.05) is 18.8 Å². The van der Waals surface area contributed by atoms with Crippen LogP contribution in [0.1, 0.15) is 22.8 Å². The summed E-state index contributed by atoms with van der Waals surface area (Å²) in [6.07, 6.45) is 0.410. The summed E-state index contributed by atoms with van der Waals surface area (Å²) in [5, 5.41) is 2.33. The van der Waals surface area contributed by atoms with Gasteiger partial charge in [0.25, 0.3) is 0 Å². The quantitative estimate of drug-likeness (QED) is 0.895. The number of hydrogen-bond acceptors (Lipinski definition) is 3. The lowest BCUT2D eigenvalue weighted by Gasteiger charge is -2.21. The maximum atomic E-state index is 12.6. The minimum absolute atomic E-state index is 0.0201. The largest absolute Gasteiger partial charge is 0.323 e. The van der Waals surface area contributed by atoms with E-state index in [1.54, 1.807) is 4.90 Å². The van der Waals surface area contributed by atoms with E-state index >= 15 is 0 Å². The number of nitrogens with one attached hydrogen (secondary N) is 1. The zero-order valence-corrected chi connectivity index (χ0v) is 15.0. The molecule has 2 aromatic rings. The molecule has 1 aliphatic rings. The third kappa shape index (κ3) is 4.02. The number of hydrogen-bond donors (Lipinski definition) is 1. The van der Waals surface area contributed by atoms with Gasteiger partial charge in [0.2, 0.25) is 0 Å². The number of aryl methyl sites for hydroxylation is 1. The molecule has 6 heteroatoms. The number of sulfone groups is 1. The first kappa shape index (κ1) is 17.5. The topological polar surface area (TPSA) is 66.5 Å². The summed E-state index contributed by atoms with van der Waals surface area (Å²) in [7, 11) is -3.28. The molecule has 1 fully saturated rings. The number of benzene rings is 2. The summed E-state index contributed by atoms with van der Waals surface area (Å²) < 4.78 is 25.2. The van der Waals surface area contributed by atoms with Crippen LogP contribution in [-0.2, 0) is 9.84 Å². The van der Waals surface area contributed by atoms with E-state index < -0.39 is 15.1 Å². The van der Waals surface area contributed by atoms with Gasteiger partial charge < -0.3 is 10.2 Å². The van der Waals surface area contributed by atoms with Gasteiger partial charge in [-0.1, -0.05) is 48.5 Å². The maximum absolute atomic E-state index is 12.6. The van der Waals surface area contributed by atoms with Gasteiger partial charge in [0.15, 0.2) is 9.84 Å². The van der Waals surface area contributed by atoms with Crippen LogP contribution in [0.15, 0.2) is 54.6 Å². The van der Waals surface area contributed by atoms with E-state index in [4.69, 9.17) is 0 Å². The molecule has 0 saturated carbocycles. The molecule has 1 atom stereocenters. The molecule has 1 heterocycles. The fourth-order valence-electron chi connectivity index (χ4n) is 3.10. The summed E-state index contributed by atoms with van der Waals surface area (Å²) in [5.74, 6) is -0.0201. The number of carbonyl (C=O) groups excluding carboxylic acids is 1. The highest BCUT2D eigenvalue weighted by molar-refractivity contribution is 7.91. The van der Waals surface area contributed by atoms with Gasteiger partial charge in [-0.3, -0.25) is 0 Å². The molecule has 0 aromatic heterocycles. The zero-order chi connectivity index (χ0) is 17.9. The van der Waals surface area contributed by atoms with Crippen LogP contribution in [0.3, 0.4) is 0 Å². The lowest BCUT2D eigenvalue weighted by molar-refractivity contribution is 0.215. The first-order chi connectivity index (χ1) is 12.0. The average molecular weight is 358 g/mol. The lowest BCUT2D eigenvalue weighted by Crippen LogP contribution is -2.37. The van der Waals surface area contributed by atoms with Gasteiger partial charge in [-0.05, 0) is 30.5 Å². The molecule has 0 unspecified atom stereocenters. The summed E-state index contributed by atoms with van der Waals surface area (Å²) in [4.78, 5) is 14.1. The number of carbonyl (C=O) groups is 1. The van der Waals surface area contributed by atoms with Crippen LogP contribution in [-0.4, -0.2) is 38.2 Å². The Hall–Kier alpha value is -2.34. The fourth-order valence-corrected chi connectivity index (χ4v) is 4.89. The third-order valence-corrected chi connectivity index (χ3v) is 6.71. The Labute approximate surface area is 148 Å². The maximum Gasteiger partial charge on any atom is 0.321 e. The molecule has 2 aromatic carbocycles. The van der Waals surface area contributed by atoms with Crippen LogP contribution >= 0.6 is 0 Å². The highest BCUT2D eigenvalue weighted by atomic mass is 32.2. The summed E-state index contributed by atoms with van der Waals surface area (Å²) >= 11 is 0. The summed E-state index contributed by atoms with van der Waals surface area (Å²) in [6.45, 7) is 2.55. The van der Waals surface area contributed by atoms with Crippen molar-refractivity contribution >= 4 is 21.6 Å². The molecule has 25 heavy (non-hydrogen) atoms. The molecular formula is C19H22N2O3S. The number of para-hydroxylation sites is 1. The molecule has 1 aliphatic heterocycles. The molecule has 5 nitrogen and oxygen atoms in total. The van der Waals surface area contributed by atoms with E-state index in [-0.39, 0.29) is 18.3 Å². The van der Waals surface area contributed by atoms with Crippen LogP contribution in [0.5, 0.6) is 0 Å². The minimum atomic E-state index is -3.28. The highest BCUT2D eigenvalue weighted by Crippen LogP contribution is 2.29. The number of anilines is 1. The Bertz CT molecular complexity index is 850. The monoisotopic (exact) mass is 358 g/mol. The Balaban J connectivity index is 1.74. The molecule has 0 aliphatic carbocycles. The normalized spacial score (nSPS) is 19.9. The smallest absolute Gasteiger partial charge is 0.321 e. The second kappa shape index (κ2) is 7.27. The van der Waals surface area contributed by atoms with Crippen LogP contribution < -0.4 is 5.32 Å². The Morgan fingerprint density at radius 3 is 2.44 bits per heavy atom. The number of amides is 2. The van der Waals surface area contributed by atoms with Gasteiger partial charge in [-0.2, -0.15) is 0 Å². The minimum Gasteiger partial charge on any atom is -0.323 e. The first-order valence-electron chi connectivity index (χ1n) is 8.35. The van der Waals surface area contributed by atoms with Crippen LogP contribution in [0.4, 0.5) is 10.5 Å². The van der Waals surface area contributed by atoms with Crippen molar-refractivity contribution in [2.75, 3.05) is 24.2 Å². The molecule has 1 N–H and O–H groups in total. The molecule has 3 rings (SSSR count). The Kier molecular flexibility index (Phi) is 5.08. The zero-order valence-electron chi connectivity index (χ0n) is 14.2. The average Bonchev–Trinajstić information content (AvgIpc) is 2.76. The Morgan fingerprint density at radius 1 is 1.04 bits per heavy atom. The standard InChI is InChI=1S/C19H22N2O3S/c1-15-7-5-6-10-17(15)20-19(22)21-12-11-18(25(23,24)14-13-21)16-8-3-2-4-9-16/h2-10,18H,11-14H2,1H3,(H,20,22)/t18-/m1/s1. The van der Waals surface area contributed by atoms with Gasteiger partial charge in [0.1, 0.15) is 0 Å². The van der Waals surface area contributed by atoms with E-state index in [9.17, 15) is 13.2 Å². The predicted molar refractivity (Wildman–Crippen MR) is 99.4 cm³/mol. The lowest BCUT2D eigenvalue weighted by atomic mass is 10.1. The number of rotatable bonds is 2. The van der Waals surface area contributed by atoms with Crippen LogP contribution in [0, 0.1) is 6.92 Å². The Morgan fingerprint density at radius 2 is 1.72 bits per heavy atom. The van der Waals surface area contributed by atoms with Crippen molar-refractivity contribution in [3.8, 4) is 0 Å². The van der Waals surface area contributed by atoms with Crippen LogP contribution in [0.25, 0.3) is 0 Å². The van der Waals surface area contributed by atoms with Gasteiger partial charge in [-0.25, -0.2) is 13.2 Å². The SMILES string of the molecule is Cc1ccccc1NC(=O)N1CC[C@H](c2ccccc2)S(=O)(=O)CC1. The highest BCUT2D eigenvalue weighted by Gasteiger charge is 2.32. The van der Waals surface area contributed by atoms with E-state index in [2.05, 4.69) is 5.32 Å². The van der Waals surface area contributed by atoms with Crippen molar-refractivity contribution in [3.05, 3.63) is 65.7 Å². The van der Waals surface area contributed by atoms with E-state index in [1.165, 1.54) is 0 Å². The molecule has 1 saturated heterocycles. The number of urea groups is 1. The van der Waals surface area contributed by atoms with Crippen LogP contribution in [0.2, 0.25) is 0 Å². The van der Waals surface area contributed by atoms with Crippen molar-refractivity contribution in [2.45, 2.75) is 18.6 Å². The summed E-state index contributed by atoms with van der Waals surface area (Å²) in [5.41, 5.74) is 2.52. The third-order valence-electron chi connectivity index (χ3n) is 4.59. The van der Waals surface area contributed by atoms with E-state index in [0.29, 0.717) is 13.0 Å². The second-order valence-corrected chi connectivity index (χ2v) is 8.59. The van der Waals surface area contributed by atoms with Gasteiger partial charge in [-0.15, -0.1) is 0 Å².